The molecule has 0 saturated heterocycles. The van der Waals surface area contributed by atoms with Crippen molar-refractivity contribution in [3.05, 3.63) is 45.3 Å². The molecular formula is C14H6Br2O. The molecule has 2 heterocycles. The summed E-state index contributed by atoms with van der Waals surface area (Å²) in [4.78, 5) is 0. The maximum Gasteiger partial charge on any atom is 0.143 e. The van der Waals surface area contributed by atoms with Gasteiger partial charge in [0.25, 0.3) is 0 Å². The van der Waals surface area contributed by atoms with Crippen LogP contribution in [0.25, 0.3) is 32.7 Å². The summed E-state index contributed by atoms with van der Waals surface area (Å²) in [6.07, 6.45) is 0. The zero-order valence-electron chi connectivity index (χ0n) is 8.63. The molecule has 2 aromatic heterocycles. The van der Waals surface area contributed by atoms with Gasteiger partial charge < -0.3 is 4.42 Å². The number of furan rings is 2. The van der Waals surface area contributed by atoms with Crippen LogP contribution in [0.2, 0.25) is 0 Å². The molecular weight excluding hydrogens is 344 g/mol. The van der Waals surface area contributed by atoms with Crippen molar-refractivity contribution in [2.45, 2.75) is 0 Å². The molecule has 2 aromatic carbocycles. The largest absolute Gasteiger partial charge is 0.455 e. The summed E-state index contributed by atoms with van der Waals surface area (Å²) in [5, 5.41) is 4.75. The molecule has 0 amide bonds. The van der Waals surface area contributed by atoms with Crippen molar-refractivity contribution in [1.29, 1.82) is 0 Å². The summed E-state index contributed by atoms with van der Waals surface area (Å²) in [5.74, 6) is 0. The van der Waals surface area contributed by atoms with Gasteiger partial charge in [-0.1, -0.05) is 24.3 Å². The van der Waals surface area contributed by atoms with Gasteiger partial charge in [-0.05, 0) is 44.0 Å². The minimum absolute atomic E-state index is 0.985. The Kier molecular flexibility index (Phi) is 1.89. The Morgan fingerprint density at radius 2 is 1.18 bits per heavy atom. The number of benzene rings is 3. The van der Waals surface area contributed by atoms with Crippen LogP contribution in [-0.4, -0.2) is 0 Å². The van der Waals surface area contributed by atoms with Crippen molar-refractivity contribution >= 4 is 64.6 Å². The number of halogens is 2. The molecule has 0 aliphatic rings. The summed E-state index contributed by atoms with van der Waals surface area (Å²) in [6, 6.07) is 12.5. The Balaban J connectivity index is 2.35. The van der Waals surface area contributed by atoms with Crippen LogP contribution in [0.1, 0.15) is 0 Å². The van der Waals surface area contributed by atoms with Crippen molar-refractivity contribution in [3.8, 4) is 0 Å². The summed E-state index contributed by atoms with van der Waals surface area (Å²) < 4.78 is 8.02. The molecule has 82 valence electrons. The Hall–Kier alpha value is -1.06. The van der Waals surface area contributed by atoms with Gasteiger partial charge in [0.15, 0.2) is 0 Å². The first-order valence-corrected chi connectivity index (χ1v) is 6.85. The maximum absolute atomic E-state index is 5.91. The Morgan fingerprint density at radius 1 is 0.706 bits per heavy atom. The van der Waals surface area contributed by atoms with Gasteiger partial charge in [0, 0.05) is 30.5 Å². The molecule has 0 atom stereocenters. The lowest BCUT2D eigenvalue weighted by molar-refractivity contribution is 0.682. The third-order valence-electron chi connectivity index (χ3n) is 3.17. The Morgan fingerprint density at radius 3 is 1.65 bits per heavy atom. The second-order valence-corrected chi connectivity index (χ2v) is 5.83. The van der Waals surface area contributed by atoms with Crippen LogP contribution in [0.4, 0.5) is 0 Å². The summed E-state index contributed by atoms with van der Waals surface area (Å²) in [5.41, 5.74) is 1.97. The first-order valence-electron chi connectivity index (χ1n) is 5.27. The average Bonchev–Trinajstić information content (AvgIpc) is 2.87. The van der Waals surface area contributed by atoms with Gasteiger partial charge in [-0.2, -0.15) is 0 Å². The smallest absolute Gasteiger partial charge is 0.143 e. The molecule has 0 radical (unpaired) electrons. The lowest BCUT2D eigenvalue weighted by atomic mass is 10.0. The van der Waals surface area contributed by atoms with E-state index in [-0.39, 0.29) is 0 Å². The summed E-state index contributed by atoms with van der Waals surface area (Å²) in [7, 11) is 0. The SMILES string of the molecule is Brc1cc2c(cc1Br)c1oc2c2ccccc21. The second kappa shape index (κ2) is 3.24. The van der Waals surface area contributed by atoms with E-state index in [9.17, 15) is 0 Å². The number of rotatable bonds is 0. The monoisotopic (exact) mass is 348 g/mol. The molecule has 2 bridgehead atoms. The molecule has 0 aliphatic heterocycles. The van der Waals surface area contributed by atoms with E-state index in [1.807, 2.05) is 12.1 Å². The van der Waals surface area contributed by atoms with E-state index in [1.54, 1.807) is 0 Å². The van der Waals surface area contributed by atoms with Crippen molar-refractivity contribution in [2.75, 3.05) is 0 Å². The molecule has 3 heteroatoms. The molecule has 4 rings (SSSR count). The highest BCUT2D eigenvalue weighted by Gasteiger charge is 2.17. The summed E-state index contributed by atoms with van der Waals surface area (Å²) in [6.45, 7) is 0. The van der Waals surface area contributed by atoms with Gasteiger partial charge in [0.05, 0.1) is 0 Å². The van der Waals surface area contributed by atoms with Gasteiger partial charge in [-0.15, -0.1) is 0 Å². The van der Waals surface area contributed by atoms with Crippen LogP contribution in [0.15, 0.2) is 49.8 Å². The molecule has 0 fully saturated rings. The molecule has 4 aromatic rings. The molecule has 0 saturated carbocycles. The van der Waals surface area contributed by atoms with Crippen LogP contribution in [0, 0.1) is 0 Å². The minimum Gasteiger partial charge on any atom is -0.455 e. The third kappa shape index (κ3) is 1.19. The van der Waals surface area contributed by atoms with E-state index in [2.05, 4.69) is 56.1 Å². The van der Waals surface area contributed by atoms with Gasteiger partial charge in [-0.3, -0.25) is 0 Å². The van der Waals surface area contributed by atoms with E-state index >= 15 is 0 Å². The van der Waals surface area contributed by atoms with Crippen LogP contribution >= 0.6 is 31.9 Å². The fourth-order valence-corrected chi connectivity index (χ4v) is 3.10. The lowest BCUT2D eigenvalue weighted by Gasteiger charge is -2.00. The number of hydrogen-bond donors (Lipinski definition) is 0. The van der Waals surface area contributed by atoms with Crippen molar-refractivity contribution in [1.82, 2.24) is 0 Å². The third-order valence-corrected chi connectivity index (χ3v) is 5.01. The minimum atomic E-state index is 0.985. The molecule has 0 aliphatic carbocycles. The first kappa shape index (κ1) is 9.92. The highest BCUT2D eigenvalue weighted by Crippen LogP contribution is 2.43. The highest BCUT2D eigenvalue weighted by atomic mass is 79.9. The predicted octanol–water partition coefficient (Wildman–Crippen LogP) is 5.70. The molecule has 0 unspecified atom stereocenters. The fourth-order valence-electron chi connectivity index (χ4n) is 2.41. The fraction of sp³-hybridized carbons (Fsp3) is 0. The van der Waals surface area contributed by atoms with E-state index in [0.29, 0.717) is 0 Å². The number of fused-ring (bicyclic) bond motifs is 8. The van der Waals surface area contributed by atoms with E-state index in [1.165, 1.54) is 21.5 Å². The zero-order chi connectivity index (χ0) is 11.6. The molecule has 1 nitrogen and oxygen atoms in total. The lowest BCUT2D eigenvalue weighted by Crippen LogP contribution is -1.76. The van der Waals surface area contributed by atoms with Gasteiger partial charge in [0.2, 0.25) is 0 Å². The predicted molar refractivity (Wildman–Crippen MR) is 77.8 cm³/mol. The standard InChI is InChI=1S/C14H6Br2O/c15-11-5-9-10(6-12(11)16)14-8-4-2-1-3-7(8)13(9)17-14/h1-6H. The average molecular weight is 350 g/mol. The van der Waals surface area contributed by atoms with E-state index in [0.717, 1.165) is 20.1 Å². The van der Waals surface area contributed by atoms with Gasteiger partial charge in [-0.25, -0.2) is 0 Å². The first-order chi connectivity index (χ1) is 8.25. The van der Waals surface area contributed by atoms with Crippen molar-refractivity contribution in [2.24, 2.45) is 0 Å². The Labute approximate surface area is 114 Å². The van der Waals surface area contributed by atoms with Crippen LogP contribution in [0.3, 0.4) is 0 Å². The quantitative estimate of drug-likeness (QED) is 0.371. The van der Waals surface area contributed by atoms with Gasteiger partial charge >= 0.3 is 0 Å². The molecule has 17 heavy (non-hydrogen) atoms. The van der Waals surface area contributed by atoms with Crippen LogP contribution < -0.4 is 0 Å². The molecule has 0 N–H and O–H groups in total. The maximum atomic E-state index is 5.91. The summed E-state index contributed by atoms with van der Waals surface area (Å²) >= 11 is 7.07. The zero-order valence-corrected chi connectivity index (χ0v) is 11.8. The van der Waals surface area contributed by atoms with E-state index < -0.39 is 0 Å². The van der Waals surface area contributed by atoms with Crippen molar-refractivity contribution in [3.63, 3.8) is 0 Å². The molecule has 0 spiro atoms. The highest BCUT2D eigenvalue weighted by molar-refractivity contribution is 9.13. The van der Waals surface area contributed by atoms with Crippen LogP contribution in [0.5, 0.6) is 0 Å². The van der Waals surface area contributed by atoms with Gasteiger partial charge in [0.1, 0.15) is 11.2 Å². The normalized spacial score (nSPS) is 12.1. The second-order valence-electron chi connectivity index (χ2n) is 4.12. The number of hydrogen-bond acceptors (Lipinski definition) is 1. The van der Waals surface area contributed by atoms with Crippen LogP contribution in [-0.2, 0) is 0 Å². The van der Waals surface area contributed by atoms with Crippen molar-refractivity contribution < 1.29 is 4.42 Å². The topological polar surface area (TPSA) is 13.1 Å². The van der Waals surface area contributed by atoms with E-state index in [4.69, 9.17) is 4.42 Å². The Bertz CT molecular complexity index is 791.